The highest BCUT2D eigenvalue weighted by Gasteiger charge is 2.25. The lowest BCUT2D eigenvalue weighted by molar-refractivity contribution is 0.161. The van der Waals surface area contributed by atoms with Crippen LogP contribution in [0.15, 0.2) is 29.2 Å². The predicted octanol–water partition coefficient (Wildman–Crippen LogP) is 2.73. The quantitative estimate of drug-likeness (QED) is 0.789. The molecule has 0 unspecified atom stereocenters. The Labute approximate surface area is 108 Å². The molecule has 1 aromatic carbocycles. The topological polar surface area (TPSA) is 52.6 Å². The molecule has 0 heterocycles. The molecule has 18 heavy (non-hydrogen) atoms. The summed E-state index contributed by atoms with van der Waals surface area (Å²) in [6, 6.07) is 6.53. The van der Waals surface area contributed by atoms with Gasteiger partial charge in [-0.05, 0) is 25.0 Å². The van der Waals surface area contributed by atoms with E-state index >= 15 is 0 Å². The second-order valence-electron chi connectivity index (χ2n) is 4.46. The summed E-state index contributed by atoms with van der Waals surface area (Å²) >= 11 is 0. The first kappa shape index (κ1) is 13.4. The van der Waals surface area contributed by atoms with E-state index in [0.29, 0.717) is 5.75 Å². The minimum atomic E-state index is -3.73. The van der Waals surface area contributed by atoms with Crippen LogP contribution in [0.25, 0.3) is 0 Å². The fourth-order valence-corrected chi connectivity index (χ4v) is 3.52. The van der Waals surface area contributed by atoms with Crippen LogP contribution in [-0.2, 0) is 14.3 Å². The summed E-state index contributed by atoms with van der Waals surface area (Å²) in [5.41, 5.74) is 0. The van der Waals surface area contributed by atoms with Gasteiger partial charge in [-0.15, -0.1) is 0 Å². The van der Waals surface area contributed by atoms with Gasteiger partial charge in [0, 0.05) is 0 Å². The molecule has 1 aliphatic carbocycles. The van der Waals surface area contributed by atoms with E-state index in [1.807, 2.05) is 0 Å². The first-order valence-electron chi connectivity index (χ1n) is 6.20. The molecule has 100 valence electrons. The summed E-state index contributed by atoms with van der Waals surface area (Å²) < 4.78 is 34.7. The lowest BCUT2D eigenvalue weighted by Gasteiger charge is -2.21. The minimum absolute atomic E-state index is 0.109. The first-order chi connectivity index (χ1) is 8.63. The minimum Gasteiger partial charge on any atom is -0.495 e. The molecule has 0 bridgehead atoms. The molecular formula is C13H18O4S. The molecule has 0 atom stereocenters. The van der Waals surface area contributed by atoms with Gasteiger partial charge in [0.05, 0.1) is 13.2 Å². The van der Waals surface area contributed by atoms with Gasteiger partial charge in [-0.1, -0.05) is 31.4 Å². The monoisotopic (exact) mass is 270 g/mol. The van der Waals surface area contributed by atoms with Crippen LogP contribution in [0.1, 0.15) is 32.1 Å². The van der Waals surface area contributed by atoms with Crippen LogP contribution in [0.3, 0.4) is 0 Å². The van der Waals surface area contributed by atoms with Gasteiger partial charge in [0.2, 0.25) is 0 Å². The second-order valence-corrected chi connectivity index (χ2v) is 6.00. The zero-order chi connectivity index (χ0) is 13.0. The Kier molecular flexibility index (Phi) is 4.24. The van der Waals surface area contributed by atoms with Crippen molar-refractivity contribution >= 4 is 10.1 Å². The highest BCUT2D eigenvalue weighted by molar-refractivity contribution is 7.86. The van der Waals surface area contributed by atoms with Gasteiger partial charge in [-0.3, -0.25) is 4.18 Å². The molecule has 1 saturated carbocycles. The van der Waals surface area contributed by atoms with Gasteiger partial charge in [0.25, 0.3) is 0 Å². The van der Waals surface area contributed by atoms with Crippen LogP contribution in [0.2, 0.25) is 0 Å². The van der Waals surface area contributed by atoms with E-state index in [4.69, 9.17) is 8.92 Å². The SMILES string of the molecule is COc1ccccc1S(=O)(=O)OC1CCCCC1. The number of benzene rings is 1. The molecule has 0 amide bonds. The van der Waals surface area contributed by atoms with E-state index in [9.17, 15) is 8.42 Å². The molecule has 1 aromatic rings. The second kappa shape index (κ2) is 5.71. The Hall–Kier alpha value is -1.07. The highest BCUT2D eigenvalue weighted by Crippen LogP contribution is 2.29. The van der Waals surface area contributed by atoms with Gasteiger partial charge < -0.3 is 4.74 Å². The van der Waals surface area contributed by atoms with Crippen LogP contribution in [-0.4, -0.2) is 21.6 Å². The molecule has 5 heteroatoms. The van der Waals surface area contributed by atoms with E-state index < -0.39 is 10.1 Å². The van der Waals surface area contributed by atoms with E-state index in [1.54, 1.807) is 18.2 Å². The summed E-state index contributed by atoms with van der Waals surface area (Å²) in [6.45, 7) is 0. The van der Waals surface area contributed by atoms with Crippen molar-refractivity contribution in [2.24, 2.45) is 0 Å². The maximum atomic E-state index is 12.2. The van der Waals surface area contributed by atoms with Crippen molar-refractivity contribution in [3.05, 3.63) is 24.3 Å². The molecular weight excluding hydrogens is 252 g/mol. The average molecular weight is 270 g/mol. The lowest BCUT2D eigenvalue weighted by Crippen LogP contribution is -2.21. The highest BCUT2D eigenvalue weighted by atomic mass is 32.2. The van der Waals surface area contributed by atoms with Crippen molar-refractivity contribution in [1.82, 2.24) is 0 Å². The fourth-order valence-electron chi connectivity index (χ4n) is 2.22. The standard InChI is InChI=1S/C13H18O4S/c1-16-12-9-5-6-10-13(12)18(14,15)17-11-7-3-2-4-8-11/h5-6,9-11H,2-4,7-8H2,1H3. The summed E-state index contributed by atoms with van der Waals surface area (Å²) in [4.78, 5) is 0.109. The summed E-state index contributed by atoms with van der Waals surface area (Å²) in [5, 5.41) is 0. The maximum Gasteiger partial charge on any atom is 0.300 e. The van der Waals surface area contributed by atoms with Gasteiger partial charge in [-0.2, -0.15) is 8.42 Å². The molecule has 4 nitrogen and oxygen atoms in total. The fraction of sp³-hybridized carbons (Fsp3) is 0.538. The number of rotatable bonds is 4. The number of hydrogen-bond acceptors (Lipinski definition) is 4. The van der Waals surface area contributed by atoms with E-state index in [2.05, 4.69) is 0 Å². The third kappa shape index (κ3) is 3.03. The third-order valence-corrected chi connectivity index (χ3v) is 4.55. The third-order valence-electron chi connectivity index (χ3n) is 3.15. The van der Waals surface area contributed by atoms with Crippen molar-refractivity contribution in [2.45, 2.75) is 43.1 Å². The van der Waals surface area contributed by atoms with Gasteiger partial charge >= 0.3 is 10.1 Å². The Morgan fingerprint density at radius 3 is 2.44 bits per heavy atom. The number of hydrogen-bond donors (Lipinski definition) is 0. The van der Waals surface area contributed by atoms with Crippen molar-refractivity contribution in [3.8, 4) is 5.75 Å². The van der Waals surface area contributed by atoms with Crippen LogP contribution < -0.4 is 4.74 Å². The molecule has 0 aromatic heterocycles. The van der Waals surface area contributed by atoms with Crippen molar-refractivity contribution in [3.63, 3.8) is 0 Å². The predicted molar refractivity (Wildman–Crippen MR) is 68.1 cm³/mol. The average Bonchev–Trinajstić information content (AvgIpc) is 2.39. The Bertz CT molecular complexity index is 489. The Morgan fingerprint density at radius 1 is 1.11 bits per heavy atom. The van der Waals surface area contributed by atoms with Crippen LogP contribution in [0.4, 0.5) is 0 Å². The molecule has 0 saturated heterocycles. The molecule has 0 radical (unpaired) electrons. The lowest BCUT2D eigenvalue weighted by atomic mass is 9.98. The summed E-state index contributed by atoms with van der Waals surface area (Å²) in [6.07, 6.45) is 4.67. The number of methoxy groups -OCH3 is 1. The van der Waals surface area contributed by atoms with Crippen LogP contribution >= 0.6 is 0 Å². The summed E-state index contributed by atoms with van der Waals surface area (Å²) in [7, 11) is -2.27. The van der Waals surface area contributed by atoms with Crippen molar-refractivity contribution in [1.29, 1.82) is 0 Å². The summed E-state index contributed by atoms with van der Waals surface area (Å²) in [5.74, 6) is 0.327. The van der Waals surface area contributed by atoms with Gasteiger partial charge in [0.1, 0.15) is 10.6 Å². The number of para-hydroxylation sites is 1. The molecule has 0 aliphatic heterocycles. The normalized spacial score (nSPS) is 17.6. The molecule has 1 aliphatic rings. The molecule has 0 N–H and O–H groups in total. The number of ether oxygens (including phenoxy) is 1. The molecule has 1 fully saturated rings. The van der Waals surface area contributed by atoms with E-state index in [1.165, 1.54) is 13.2 Å². The van der Waals surface area contributed by atoms with Crippen molar-refractivity contribution in [2.75, 3.05) is 7.11 Å². The first-order valence-corrected chi connectivity index (χ1v) is 7.60. The van der Waals surface area contributed by atoms with E-state index in [-0.39, 0.29) is 11.0 Å². The van der Waals surface area contributed by atoms with Crippen LogP contribution in [0, 0.1) is 0 Å². The van der Waals surface area contributed by atoms with Gasteiger partial charge in [-0.25, -0.2) is 0 Å². The smallest absolute Gasteiger partial charge is 0.300 e. The zero-order valence-electron chi connectivity index (χ0n) is 10.5. The molecule has 2 rings (SSSR count). The maximum absolute atomic E-state index is 12.2. The van der Waals surface area contributed by atoms with E-state index in [0.717, 1.165) is 32.1 Å². The van der Waals surface area contributed by atoms with Crippen LogP contribution in [0.5, 0.6) is 5.75 Å². The zero-order valence-corrected chi connectivity index (χ0v) is 11.3. The Balaban J connectivity index is 2.19. The molecule has 0 spiro atoms. The largest absolute Gasteiger partial charge is 0.495 e. The van der Waals surface area contributed by atoms with Crippen molar-refractivity contribution < 1.29 is 17.3 Å². The van der Waals surface area contributed by atoms with Gasteiger partial charge in [0.15, 0.2) is 0 Å². The Morgan fingerprint density at radius 2 is 1.78 bits per heavy atom.